The molecule has 8 heterocycles. The molecule has 12 fully saturated rings. The van der Waals surface area contributed by atoms with E-state index in [1.807, 2.05) is 166 Å². The van der Waals surface area contributed by atoms with Gasteiger partial charge < -0.3 is 9.47 Å². The number of fused-ring (bicyclic) bond motifs is 9. The number of para-hydroxylation sites is 1. The van der Waals surface area contributed by atoms with Crippen LogP contribution in [0.15, 0.2) is 182 Å². The number of imide groups is 8. The van der Waals surface area contributed by atoms with Crippen LogP contribution in [0, 0.1) is 61.2 Å². The first-order valence-corrected chi connectivity index (χ1v) is 47.7. The lowest BCUT2D eigenvalue weighted by atomic mass is 9.64. The largest absolute Gasteiger partial charge is 0.497 e. The fraction of sp³-hybridized carbons (Fsp3) is 0.453. The fourth-order valence-corrected chi connectivity index (χ4v) is 21.9. The molecule has 7 aromatic rings. The number of rotatable bonds is 18. The van der Waals surface area contributed by atoms with Gasteiger partial charge in [-0.05, 0) is 183 Å². The van der Waals surface area contributed by atoms with Gasteiger partial charge in [-0.15, -0.1) is 0 Å². The first-order valence-electron chi connectivity index (χ1n) is 47.4. The average Bonchev–Trinajstić information content (AvgIpc) is 1.54. The Kier molecular flexibility index (Phi) is 38.0. The first kappa shape index (κ1) is 107. The van der Waals surface area contributed by atoms with Gasteiger partial charge in [0.25, 0.3) is 94.5 Å². The van der Waals surface area contributed by atoms with Crippen LogP contribution in [0.3, 0.4) is 0 Å². The molecule has 0 aromatic heterocycles. The van der Waals surface area contributed by atoms with Gasteiger partial charge in [0.1, 0.15) is 11.5 Å². The minimum Gasteiger partial charge on any atom is -0.497 e. The highest BCUT2D eigenvalue weighted by atomic mass is 35.5. The number of piperidine rings is 8. The molecule has 141 heavy (non-hydrogen) atoms. The minimum absolute atomic E-state index is 0.0207. The van der Waals surface area contributed by atoms with E-state index in [2.05, 4.69) is 0 Å². The molecule has 19 rings (SSSR count). The summed E-state index contributed by atoms with van der Waals surface area (Å²) in [5.41, 5.74) is 8.84. The molecule has 34 nitrogen and oxygen atoms in total. The number of hydrogen-bond acceptors (Lipinski definition) is 26. The SMILES string of the molecule is CON1C(=O)CC(c2ccc(C)cc2)CC1=O.CON1C(=O)CC(c2ccccc2)CC1=O.CON1C(=O)CCC(C2CC3CC2C2C4CCC(C4)C32)C1=O.CON1C(=O)CCC(c2ccc(C)cc2)C1=O.CON1C(=O)CCC(c2ccc(Cl)cc2)C1=O.CON1C(=O)CCC(c2ccccc2)C1=O.COc1cccc(C2CC(=O)N(OC)C(=O)C2)c1.COc1ccccc1C1CCC(=O)N(OC)C1=O. The van der Waals surface area contributed by atoms with Crippen molar-refractivity contribution in [1.82, 2.24) is 40.5 Å². The van der Waals surface area contributed by atoms with Gasteiger partial charge >= 0.3 is 0 Å². The predicted molar refractivity (Wildman–Crippen MR) is 508 cm³/mol. The molecule has 7 aromatic carbocycles. The highest BCUT2D eigenvalue weighted by Gasteiger charge is 2.64. The minimum atomic E-state index is -0.390. The summed E-state index contributed by atoms with van der Waals surface area (Å²) in [7, 11) is 13.9. The number of hydroxylamine groups is 16. The number of nitrogens with zero attached hydrogens (tertiary/aromatic N) is 8. The lowest BCUT2D eigenvalue weighted by Crippen LogP contribution is -2.48. The van der Waals surface area contributed by atoms with Crippen molar-refractivity contribution >= 4 is 106 Å². The van der Waals surface area contributed by atoms with E-state index in [4.69, 9.17) is 59.8 Å². The smallest absolute Gasteiger partial charge is 0.261 e. The van der Waals surface area contributed by atoms with Crippen LogP contribution >= 0.6 is 11.6 Å². The number of carbonyl (C=O) groups is 16. The van der Waals surface area contributed by atoms with Gasteiger partial charge in [0.2, 0.25) is 0 Å². The molecular weight excluding hydrogens is 1840 g/mol. The molecular formula is C106H123ClN8O26. The van der Waals surface area contributed by atoms with E-state index >= 15 is 0 Å². The maximum atomic E-state index is 12.7. The van der Waals surface area contributed by atoms with Crippen LogP contribution in [0.1, 0.15) is 226 Å². The highest BCUT2D eigenvalue weighted by Crippen LogP contribution is 2.70. The normalized spacial score (nSPS) is 24.6. The molecule has 12 atom stereocenters. The van der Waals surface area contributed by atoms with Crippen molar-refractivity contribution in [3.63, 3.8) is 0 Å². The van der Waals surface area contributed by atoms with E-state index in [0.29, 0.717) is 100 Å². The number of methoxy groups -OCH3 is 2. The van der Waals surface area contributed by atoms with Crippen molar-refractivity contribution in [2.45, 2.75) is 190 Å². The number of amides is 16. The second kappa shape index (κ2) is 50.1. The topological polar surface area (TPSA) is 391 Å². The van der Waals surface area contributed by atoms with Gasteiger partial charge in [0.15, 0.2) is 0 Å². The van der Waals surface area contributed by atoms with Crippen molar-refractivity contribution in [2.24, 2.45) is 47.3 Å². The quantitative estimate of drug-likeness (QED) is 0.0569. The molecule has 0 spiro atoms. The van der Waals surface area contributed by atoms with Crippen molar-refractivity contribution in [2.75, 3.05) is 71.1 Å². The van der Waals surface area contributed by atoms with Crippen LogP contribution in [-0.2, 0) is 115 Å². The number of halogens is 1. The molecule has 0 N–H and O–H groups in total. The van der Waals surface area contributed by atoms with Crippen molar-refractivity contribution in [1.29, 1.82) is 0 Å². The van der Waals surface area contributed by atoms with Crippen LogP contribution < -0.4 is 9.47 Å². The third-order valence-electron chi connectivity index (χ3n) is 28.4. The standard InChI is InChI=1S/C18H25NO3.2C13H15NO4.2C13H15NO3.C12H12ClNO3.2C12H13NO3/c1-22-19-15(20)5-4-12(18(19)21)13-7-11-8-14(13)17-10-3-2-9(6-10)16(11)17;1-17-11-5-3-4-9(6-11)10-7-12(15)14(18-2)13(16)8-10;1-17-11-6-4-3-5-9(11)10-7-8-12(15)14(18-2)13(10)16;1-9-3-5-10(6-4-9)11-7-12(15)14(17-2)13(16)8-11;1-9-3-5-10(6-4-9)11-7-8-12(15)14(17-2)13(11)16;1-17-14-11(15)7-6-10(12(14)16)8-2-4-9(13)5-3-8;1-16-13-11(14)7-10(8-12(13)15)9-5-3-2-4-6-9;1-16-13-11(14)8-7-10(12(13)15)9-5-3-2-4-6-9/h9-14,16-17H,2-8H2,1H3;2*3-6,10H,7-8H2,1-2H3;2*3-6,11H,7-8H2,1-2H3;2-5,10H,6-7H2,1H3;2*2-6,10H,7-8H2,1H3. The molecule has 16 amide bonds. The molecule has 4 aliphatic carbocycles. The Hall–Kier alpha value is -12.8. The summed E-state index contributed by atoms with van der Waals surface area (Å²) < 4.78 is 10.4. The lowest BCUT2D eigenvalue weighted by molar-refractivity contribution is -0.198. The van der Waals surface area contributed by atoms with Crippen molar-refractivity contribution < 1.29 is 125 Å². The van der Waals surface area contributed by atoms with E-state index in [1.165, 1.54) is 94.5 Å². The summed E-state index contributed by atoms with van der Waals surface area (Å²) in [6.07, 6.45) is 13.4. The van der Waals surface area contributed by atoms with Gasteiger partial charge in [-0.25, -0.2) is 0 Å². The number of aryl methyl sites for hydroxylation is 2. The van der Waals surface area contributed by atoms with Crippen molar-refractivity contribution in [3.05, 3.63) is 237 Å². The van der Waals surface area contributed by atoms with Crippen LogP contribution in [0.25, 0.3) is 0 Å². The van der Waals surface area contributed by atoms with Gasteiger partial charge in [-0.1, -0.05) is 174 Å². The van der Waals surface area contributed by atoms with Crippen LogP contribution in [0.5, 0.6) is 11.5 Å². The first-order chi connectivity index (χ1) is 67.9. The molecule has 12 unspecified atom stereocenters. The zero-order valence-corrected chi connectivity index (χ0v) is 82.2. The Bertz CT molecular complexity index is 5520. The Balaban J connectivity index is 0.000000144. The number of carbonyl (C=O) groups excluding carboxylic acids is 16. The Morgan fingerprint density at radius 1 is 0.262 bits per heavy atom. The summed E-state index contributed by atoms with van der Waals surface area (Å²) in [5.74, 6) is 1.78. The Morgan fingerprint density at radius 2 is 0.582 bits per heavy atom. The predicted octanol–water partition coefficient (Wildman–Crippen LogP) is 14.3. The summed E-state index contributed by atoms with van der Waals surface area (Å²) in [5, 5.41) is 7.59. The van der Waals surface area contributed by atoms with Gasteiger partial charge in [-0.2, -0.15) is 40.5 Å². The lowest BCUT2D eigenvalue weighted by Gasteiger charge is -2.42. The molecule has 35 heteroatoms. The van der Waals surface area contributed by atoms with Crippen LogP contribution in [0.2, 0.25) is 5.02 Å². The maximum Gasteiger partial charge on any atom is 0.261 e. The van der Waals surface area contributed by atoms with E-state index in [9.17, 15) is 76.7 Å². The van der Waals surface area contributed by atoms with Gasteiger partial charge in [-0.3, -0.25) is 115 Å². The van der Waals surface area contributed by atoms with E-state index < -0.39 is 5.92 Å². The number of hydrogen-bond donors (Lipinski definition) is 0. The second-order valence-corrected chi connectivity index (χ2v) is 36.9. The maximum absolute atomic E-state index is 12.7. The van der Waals surface area contributed by atoms with Crippen LogP contribution in [-0.4, -0.2) is 206 Å². The molecule has 4 bridgehead atoms. The third-order valence-corrected chi connectivity index (χ3v) is 28.7. The molecule has 750 valence electrons. The monoisotopic (exact) mass is 1960 g/mol. The molecule has 0 radical (unpaired) electrons. The Morgan fingerprint density at radius 3 is 0.986 bits per heavy atom. The summed E-state index contributed by atoms with van der Waals surface area (Å²) >= 11 is 5.79. The highest BCUT2D eigenvalue weighted by molar-refractivity contribution is 6.30. The van der Waals surface area contributed by atoms with Gasteiger partial charge in [0, 0.05) is 105 Å². The molecule has 8 aliphatic heterocycles. The second-order valence-electron chi connectivity index (χ2n) is 36.4. The van der Waals surface area contributed by atoms with Crippen molar-refractivity contribution in [3.8, 4) is 11.5 Å². The zero-order chi connectivity index (χ0) is 102. The summed E-state index contributed by atoms with van der Waals surface area (Å²) in [6.45, 7) is 4.01. The number of ether oxygens (including phenoxy) is 2. The summed E-state index contributed by atoms with van der Waals surface area (Å²) in [6, 6.07) is 56.6. The van der Waals surface area contributed by atoms with E-state index in [-0.39, 0.29) is 149 Å². The molecule has 4 saturated carbocycles. The fourth-order valence-electron chi connectivity index (χ4n) is 21.8. The molecule has 12 aliphatic rings. The van der Waals surface area contributed by atoms with Crippen LogP contribution in [0.4, 0.5) is 0 Å². The van der Waals surface area contributed by atoms with Gasteiger partial charge in [0.05, 0.1) is 94.8 Å². The zero-order valence-electron chi connectivity index (χ0n) is 81.4. The van der Waals surface area contributed by atoms with E-state index in [1.54, 1.807) is 44.6 Å². The summed E-state index contributed by atoms with van der Waals surface area (Å²) in [4.78, 5) is 227. The molecule has 8 saturated heterocycles. The third kappa shape index (κ3) is 25.4. The average molecular weight is 1960 g/mol. The number of benzene rings is 7. The van der Waals surface area contributed by atoms with E-state index in [0.717, 1.165) is 133 Å². The Labute approximate surface area is 824 Å².